The van der Waals surface area contributed by atoms with Crippen LogP contribution in [0, 0.1) is 0 Å². The number of nitrogens with zero attached hydrogens (tertiary/aromatic N) is 11. The Morgan fingerprint density at radius 2 is 0.581 bits per heavy atom. The zero-order valence-electron chi connectivity index (χ0n) is 79.6. The van der Waals surface area contributed by atoms with Gasteiger partial charge in [0.05, 0.1) is 72.0 Å². The van der Waals surface area contributed by atoms with Crippen molar-refractivity contribution in [2.24, 2.45) is 0 Å². The molecule has 0 radical (unpaired) electrons. The van der Waals surface area contributed by atoms with Crippen LogP contribution >= 0.6 is 11.3 Å². The van der Waals surface area contributed by atoms with E-state index in [-0.39, 0.29) is 0 Å². The summed E-state index contributed by atoms with van der Waals surface area (Å²) in [5.74, 6) is 3.24. The predicted molar refractivity (Wildman–Crippen MR) is 615 cm³/mol. The zero-order chi connectivity index (χ0) is 96.9. The average molecular weight is 1900 g/mol. The lowest BCUT2D eigenvalue weighted by Gasteiger charge is -2.31. The van der Waals surface area contributed by atoms with Gasteiger partial charge in [-0.1, -0.05) is 425 Å². The molecule has 0 saturated heterocycles. The van der Waals surface area contributed by atoms with Gasteiger partial charge in [0.15, 0.2) is 11.6 Å². The normalized spacial score (nSPS) is 12.5. The molecule has 0 unspecified atom stereocenters. The molecule has 23 aromatic carbocycles. The summed E-state index contributed by atoms with van der Waals surface area (Å²) in [5, 5.41) is 26.3. The molecule has 1 spiro atoms. The summed E-state index contributed by atoms with van der Waals surface area (Å²) in [4.78, 5) is 37.1. The van der Waals surface area contributed by atoms with Gasteiger partial charge in [-0.3, -0.25) is 13.7 Å². The third-order valence-electron chi connectivity index (χ3n) is 30.9. The maximum Gasteiger partial charge on any atom is 0.238 e. The summed E-state index contributed by atoms with van der Waals surface area (Å²) >= 11 is 1.84. The minimum absolute atomic E-state index is 0.551. The standard InChI is InChI=1S/C57H33N3.C42H26N4.C37H22N4S/c1-2-17-37(18-3-1)54-51-39-20-8-5-15-35(39)28-32-48(51)58-56(59-54)60-49-33-30-43-50-38-19-7-4-14-34(38)27-31-47(50)57(45-24-12-10-22-41(45)42-23-11-13-25-46(42)57)53(43)52(49)44-29-26-36-16-6-9-21-40(36)55(44)60;1-3-14-28(15-4-1)40-31-19-9-11-21-34(31)43-42(44-40)46-37-26-25-36-38(39(37)33-24-23-27-13-7-8-18-30(27)41(33)46)32-20-10-12-22-35(32)45(36)29-16-5-2-6-17-29;1-3-12-24(13-4-1)35-38-36(25-14-5-2-6-15-25)40-37(39-35)41-29-21-22-31-33(27-17-9-10-18-30(27)42-31)32(29)28-20-19-23-11-7-8-16-26(23)34(28)41/h1-33H;1-26H;1-22H. The lowest BCUT2D eigenvalue weighted by atomic mass is 9.69. The highest BCUT2D eigenvalue weighted by atomic mass is 32.1. The Morgan fingerprint density at radius 3 is 1.17 bits per heavy atom. The first-order valence-electron chi connectivity index (χ1n) is 50.3. The molecule has 12 heteroatoms. The molecular formula is C136H81N11S. The van der Waals surface area contributed by atoms with E-state index in [9.17, 15) is 0 Å². The van der Waals surface area contributed by atoms with E-state index in [0.717, 1.165) is 99.6 Å². The van der Waals surface area contributed by atoms with Crippen LogP contribution in [-0.2, 0) is 5.41 Å². The van der Waals surface area contributed by atoms with Crippen molar-refractivity contribution in [1.82, 2.24) is 53.2 Å². The number of fused-ring (bicyclic) bond motifs is 40. The monoisotopic (exact) mass is 1900 g/mol. The van der Waals surface area contributed by atoms with Crippen molar-refractivity contribution >= 4 is 194 Å². The van der Waals surface area contributed by atoms with Gasteiger partial charge in [0.1, 0.15) is 0 Å². The van der Waals surface area contributed by atoms with E-state index in [1.54, 1.807) is 0 Å². The van der Waals surface area contributed by atoms with E-state index in [1.807, 2.05) is 53.8 Å². The molecule has 0 fully saturated rings. The van der Waals surface area contributed by atoms with Gasteiger partial charge in [-0.05, 0) is 149 Å². The quantitative estimate of drug-likeness (QED) is 0.139. The minimum atomic E-state index is -0.551. The number of rotatable bonds is 8. The minimum Gasteiger partial charge on any atom is -0.309 e. The van der Waals surface area contributed by atoms with Crippen LogP contribution in [0.2, 0.25) is 0 Å². The molecule has 0 saturated carbocycles. The number of hydrogen-bond acceptors (Lipinski definition) is 8. The highest BCUT2D eigenvalue weighted by Crippen LogP contribution is 2.66. The van der Waals surface area contributed by atoms with Crippen molar-refractivity contribution < 1.29 is 0 Å². The number of aromatic nitrogens is 11. The number of hydrogen-bond donors (Lipinski definition) is 0. The Hall–Kier alpha value is -19.5. The first-order chi connectivity index (χ1) is 73.5. The molecular weight excluding hydrogens is 1820 g/mol. The Balaban J connectivity index is 0.000000102. The smallest absolute Gasteiger partial charge is 0.238 e. The van der Waals surface area contributed by atoms with Crippen LogP contribution in [0.15, 0.2) is 491 Å². The molecule has 0 amide bonds. The van der Waals surface area contributed by atoms with Gasteiger partial charge < -0.3 is 4.57 Å². The van der Waals surface area contributed by atoms with Gasteiger partial charge in [0.25, 0.3) is 0 Å². The maximum absolute atomic E-state index is 5.66. The summed E-state index contributed by atoms with van der Waals surface area (Å²) in [6.07, 6.45) is 0. The van der Waals surface area contributed by atoms with Gasteiger partial charge in [0.2, 0.25) is 17.8 Å². The lowest BCUT2D eigenvalue weighted by molar-refractivity contribution is 0.802. The van der Waals surface area contributed by atoms with E-state index in [0.29, 0.717) is 29.5 Å². The Labute approximate surface area is 851 Å². The lowest BCUT2D eigenvalue weighted by Crippen LogP contribution is -2.26. The van der Waals surface area contributed by atoms with Crippen molar-refractivity contribution in [1.29, 1.82) is 0 Å². The van der Waals surface area contributed by atoms with E-state index >= 15 is 0 Å². The molecule has 0 aliphatic heterocycles. The predicted octanol–water partition coefficient (Wildman–Crippen LogP) is 34.7. The van der Waals surface area contributed by atoms with Crippen molar-refractivity contribution in [3.63, 3.8) is 0 Å². The van der Waals surface area contributed by atoms with Gasteiger partial charge in [-0.2, -0.15) is 9.97 Å². The summed E-state index contributed by atoms with van der Waals surface area (Å²) in [6.45, 7) is 0. The second-order valence-corrected chi connectivity index (χ2v) is 39.7. The fourth-order valence-corrected chi connectivity index (χ4v) is 25.9. The first kappa shape index (κ1) is 83.1. The fraction of sp³-hybridized carbons (Fsp3) is 0.00735. The molecule has 0 N–H and O–H groups in total. The van der Waals surface area contributed by atoms with Gasteiger partial charge >= 0.3 is 0 Å². The van der Waals surface area contributed by atoms with Crippen LogP contribution in [0.5, 0.6) is 0 Å². The molecule has 8 aromatic heterocycles. The Bertz CT molecular complexity index is 10900. The number of para-hydroxylation sites is 3. The van der Waals surface area contributed by atoms with Gasteiger partial charge in [-0.25, -0.2) is 24.9 Å². The molecule has 148 heavy (non-hydrogen) atoms. The zero-order valence-corrected chi connectivity index (χ0v) is 80.4. The summed E-state index contributed by atoms with van der Waals surface area (Å²) in [6, 6.07) is 176. The largest absolute Gasteiger partial charge is 0.309 e. The van der Waals surface area contributed by atoms with Crippen molar-refractivity contribution in [2.45, 2.75) is 5.41 Å². The van der Waals surface area contributed by atoms with Gasteiger partial charge in [-0.15, -0.1) is 11.3 Å². The molecule has 2 aliphatic carbocycles. The number of thiophene rings is 1. The van der Waals surface area contributed by atoms with Gasteiger partial charge in [0, 0.05) is 118 Å². The highest BCUT2D eigenvalue weighted by molar-refractivity contribution is 7.26. The molecule has 8 heterocycles. The second kappa shape index (κ2) is 32.8. The van der Waals surface area contributed by atoms with Crippen LogP contribution in [0.3, 0.4) is 0 Å². The number of benzene rings is 23. The van der Waals surface area contributed by atoms with Crippen LogP contribution in [0.1, 0.15) is 22.3 Å². The van der Waals surface area contributed by atoms with E-state index < -0.39 is 5.41 Å². The van der Waals surface area contributed by atoms with Crippen LogP contribution in [-0.4, -0.2) is 53.2 Å². The topological polar surface area (TPSA) is 110 Å². The van der Waals surface area contributed by atoms with Crippen molar-refractivity contribution in [3.8, 4) is 91.1 Å². The van der Waals surface area contributed by atoms with Crippen LogP contribution in [0.25, 0.3) is 274 Å². The molecule has 0 bridgehead atoms. The molecule has 0 atom stereocenters. The fourth-order valence-electron chi connectivity index (χ4n) is 24.8. The Kier molecular flexibility index (Phi) is 18.4. The summed E-state index contributed by atoms with van der Waals surface area (Å²) < 4.78 is 11.9. The molecule has 2 aliphatic rings. The van der Waals surface area contributed by atoms with Crippen LogP contribution in [0.4, 0.5) is 0 Å². The van der Waals surface area contributed by atoms with Crippen molar-refractivity contribution in [3.05, 3.63) is 514 Å². The highest BCUT2D eigenvalue weighted by Gasteiger charge is 2.54. The molecule has 31 aromatic rings. The summed E-state index contributed by atoms with van der Waals surface area (Å²) in [5.41, 5.74) is 27.8. The molecule has 11 nitrogen and oxygen atoms in total. The van der Waals surface area contributed by atoms with E-state index in [1.165, 1.54) is 167 Å². The first-order valence-corrected chi connectivity index (χ1v) is 51.2. The third kappa shape index (κ3) is 12.3. The van der Waals surface area contributed by atoms with E-state index in [4.69, 9.17) is 34.9 Å². The third-order valence-corrected chi connectivity index (χ3v) is 32.1. The average Bonchev–Trinajstić information content (AvgIpc) is 1.47. The van der Waals surface area contributed by atoms with E-state index in [2.05, 4.69) is 467 Å². The molecule has 686 valence electrons. The SMILES string of the molecule is c1ccc(-c2nc(-c3ccccc3)nc(-n3c4ccc5sc6ccccc6c5c4c4ccc5ccccc5c43)n2)cc1.c1ccc(-c2nc(-n3c4ccc5c(c4c4ccc6ccccc6c43)C3(c4ccccc4-c4ccccc43)c3ccc4ccccc4c3-5)nc3ccc4ccccc4c23)cc1.c1ccc(-c2nc(-n3c4ccc5c(c6ccccc6n5-c5ccccc5)c4c4ccc5ccccc5c43)nc3ccccc23)cc1. The molecule has 33 rings (SSSR count). The maximum atomic E-state index is 5.66. The van der Waals surface area contributed by atoms with Crippen molar-refractivity contribution in [2.75, 3.05) is 0 Å². The second-order valence-electron chi connectivity index (χ2n) is 38.6. The summed E-state index contributed by atoms with van der Waals surface area (Å²) in [7, 11) is 0. The van der Waals surface area contributed by atoms with Crippen LogP contribution < -0.4 is 0 Å². The Morgan fingerprint density at radius 1 is 0.189 bits per heavy atom.